The molecular formula is C18H19NO8. The minimum absolute atomic E-state index is 0.0366. The zero-order valence-electron chi connectivity index (χ0n) is 15.5. The summed E-state index contributed by atoms with van der Waals surface area (Å²) in [6.07, 6.45) is 0. The van der Waals surface area contributed by atoms with Crippen molar-refractivity contribution in [3.8, 4) is 28.7 Å². The fourth-order valence-corrected chi connectivity index (χ4v) is 2.64. The highest BCUT2D eigenvalue weighted by atomic mass is 16.6. The van der Waals surface area contributed by atoms with Crippen LogP contribution in [0.1, 0.15) is 15.9 Å². The van der Waals surface area contributed by atoms with E-state index in [9.17, 15) is 14.9 Å². The molecule has 0 spiro atoms. The molecule has 144 valence electrons. The third-order valence-electron chi connectivity index (χ3n) is 3.87. The first kappa shape index (κ1) is 19.8. The summed E-state index contributed by atoms with van der Waals surface area (Å²) in [6, 6.07) is 5.37. The van der Waals surface area contributed by atoms with E-state index in [-0.39, 0.29) is 34.1 Å². The van der Waals surface area contributed by atoms with Crippen LogP contribution < -0.4 is 23.7 Å². The van der Waals surface area contributed by atoms with Crippen molar-refractivity contribution in [3.63, 3.8) is 0 Å². The molecule has 0 atom stereocenters. The third-order valence-corrected chi connectivity index (χ3v) is 3.87. The summed E-state index contributed by atoms with van der Waals surface area (Å²) in [4.78, 5) is 24.0. The van der Waals surface area contributed by atoms with Crippen LogP contribution >= 0.6 is 0 Å². The molecule has 0 aliphatic rings. The van der Waals surface area contributed by atoms with E-state index in [1.165, 1.54) is 59.8 Å². The first-order chi connectivity index (χ1) is 12.9. The van der Waals surface area contributed by atoms with Gasteiger partial charge in [0.15, 0.2) is 23.0 Å². The number of benzene rings is 2. The highest BCUT2D eigenvalue weighted by Crippen LogP contribution is 2.42. The number of carbonyl (C=O) groups is 1. The molecule has 0 aromatic heterocycles. The monoisotopic (exact) mass is 377 g/mol. The number of methoxy groups -OCH3 is 5. The first-order valence-electron chi connectivity index (χ1n) is 7.67. The van der Waals surface area contributed by atoms with E-state index in [4.69, 9.17) is 23.7 Å². The number of ketones is 1. The predicted molar refractivity (Wildman–Crippen MR) is 95.7 cm³/mol. The summed E-state index contributed by atoms with van der Waals surface area (Å²) in [6.45, 7) is 0. The fraction of sp³-hybridized carbons (Fsp3) is 0.278. The Labute approximate surface area is 155 Å². The van der Waals surface area contributed by atoms with Gasteiger partial charge in [0.2, 0.25) is 11.5 Å². The van der Waals surface area contributed by atoms with Gasteiger partial charge in [0.1, 0.15) is 5.56 Å². The Morgan fingerprint density at radius 1 is 0.815 bits per heavy atom. The van der Waals surface area contributed by atoms with Crippen LogP contribution in [0.5, 0.6) is 28.7 Å². The molecule has 0 amide bonds. The third kappa shape index (κ3) is 3.57. The topological polar surface area (TPSA) is 106 Å². The summed E-state index contributed by atoms with van der Waals surface area (Å²) in [5.41, 5.74) is -0.554. The van der Waals surface area contributed by atoms with Crippen molar-refractivity contribution in [2.24, 2.45) is 0 Å². The van der Waals surface area contributed by atoms with Crippen LogP contribution in [-0.2, 0) is 0 Å². The van der Waals surface area contributed by atoms with Crippen molar-refractivity contribution in [2.45, 2.75) is 0 Å². The van der Waals surface area contributed by atoms with Crippen molar-refractivity contribution < 1.29 is 33.4 Å². The van der Waals surface area contributed by atoms with Crippen molar-refractivity contribution in [1.29, 1.82) is 0 Å². The lowest BCUT2D eigenvalue weighted by Gasteiger charge is -2.15. The Morgan fingerprint density at radius 3 is 1.74 bits per heavy atom. The molecule has 2 rings (SSSR count). The second-order valence-corrected chi connectivity index (χ2v) is 5.20. The van der Waals surface area contributed by atoms with Crippen LogP contribution in [0.2, 0.25) is 0 Å². The molecule has 0 aliphatic carbocycles. The molecule has 2 aromatic rings. The molecule has 9 nitrogen and oxygen atoms in total. The normalized spacial score (nSPS) is 10.1. The number of hydrogen-bond acceptors (Lipinski definition) is 8. The highest BCUT2D eigenvalue weighted by molar-refractivity contribution is 6.14. The quantitative estimate of drug-likeness (QED) is 0.393. The molecule has 0 radical (unpaired) electrons. The molecule has 0 N–H and O–H groups in total. The first-order valence-corrected chi connectivity index (χ1v) is 7.67. The molecule has 0 saturated heterocycles. The molecule has 0 unspecified atom stereocenters. The van der Waals surface area contributed by atoms with Crippen molar-refractivity contribution in [2.75, 3.05) is 35.5 Å². The number of nitrogens with zero attached hydrogens (tertiary/aromatic N) is 1. The Kier molecular flexibility index (Phi) is 6.07. The maximum absolute atomic E-state index is 13.2. The molecular weight excluding hydrogens is 358 g/mol. The molecule has 0 aliphatic heterocycles. The zero-order valence-corrected chi connectivity index (χ0v) is 15.5. The maximum Gasteiger partial charge on any atom is 0.284 e. The van der Waals surface area contributed by atoms with E-state index in [2.05, 4.69) is 0 Å². The number of nitro benzene ring substituents is 1. The zero-order chi connectivity index (χ0) is 20.1. The summed E-state index contributed by atoms with van der Waals surface area (Å²) in [5, 5.41) is 11.5. The average Bonchev–Trinajstić information content (AvgIpc) is 2.70. The molecule has 27 heavy (non-hydrogen) atoms. The van der Waals surface area contributed by atoms with Gasteiger partial charge in [-0.3, -0.25) is 14.9 Å². The van der Waals surface area contributed by atoms with Gasteiger partial charge in [0.05, 0.1) is 40.5 Å². The minimum atomic E-state index is -0.660. The van der Waals surface area contributed by atoms with E-state index >= 15 is 0 Å². The van der Waals surface area contributed by atoms with E-state index < -0.39 is 16.4 Å². The Hall–Kier alpha value is -3.49. The highest BCUT2D eigenvalue weighted by Gasteiger charge is 2.30. The van der Waals surface area contributed by atoms with Crippen molar-refractivity contribution >= 4 is 11.5 Å². The van der Waals surface area contributed by atoms with Crippen LogP contribution in [0.25, 0.3) is 0 Å². The van der Waals surface area contributed by atoms with Gasteiger partial charge in [-0.1, -0.05) is 0 Å². The molecule has 0 bridgehead atoms. The van der Waals surface area contributed by atoms with Gasteiger partial charge in [-0.25, -0.2) is 0 Å². The lowest BCUT2D eigenvalue weighted by molar-refractivity contribution is -0.385. The minimum Gasteiger partial charge on any atom is -0.493 e. The summed E-state index contributed by atoms with van der Waals surface area (Å²) < 4.78 is 26.1. The van der Waals surface area contributed by atoms with E-state index in [0.29, 0.717) is 5.75 Å². The van der Waals surface area contributed by atoms with Gasteiger partial charge in [-0.05, 0) is 18.2 Å². The number of carbonyl (C=O) groups excluding carboxylic acids is 1. The second kappa shape index (κ2) is 8.26. The van der Waals surface area contributed by atoms with Crippen molar-refractivity contribution in [3.05, 3.63) is 45.5 Å². The molecule has 9 heteroatoms. The van der Waals surface area contributed by atoms with Gasteiger partial charge >= 0.3 is 0 Å². The molecule has 2 aromatic carbocycles. The summed E-state index contributed by atoms with van der Waals surface area (Å²) in [7, 11) is 6.91. The maximum atomic E-state index is 13.2. The Morgan fingerprint density at radius 2 is 1.33 bits per heavy atom. The predicted octanol–water partition coefficient (Wildman–Crippen LogP) is 2.87. The standard InChI is InChI=1S/C18H19NO8/c1-23-12-7-6-11(19(21)22)15(18(12)27-5)16(20)10-8-13(24-2)17(26-4)14(9-10)25-3/h6-9H,1-5H3. The van der Waals surface area contributed by atoms with Crippen LogP contribution in [-0.4, -0.2) is 46.3 Å². The van der Waals surface area contributed by atoms with E-state index in [1.807, 2.05) is 0 Å². The smallest absolute Gasteiger partial charge is 0.284 e. The molecule has 0 heterocycles. The van der Waals surface area contributed by atoms with Crippen LogP contribution in [0, 0.1) is 10.1 Å². The van der Waals surface area contributed by atoms with E-state index in [0.717, 1.165) is 0 Å². The van der Waals surface area contributed by atoms with Gasteiger partial charge in [-0.15, -0.1) is 0 Å². The largest absolute Gasteiger partial charge is 0.493 e. The number of rotatable bonds is 8. The Bertz CT molecular complexity index is 853. The van der Waals surface area contributed by atoms with Gasteiger partial charge in [-0.2, -0.15) is 0 Å². The van der Waals surface area contributed by atoms with Crippen molar-refractivity contribution in [1.82, 2.24) is 0 Å². The summed E-state index contributed by atoms with van der Waals surface area (Å²) in [5.74, 6) is 0.277. The van der Waals surface area contributed by atoms with Gasteiger partial charge < -0.3 is 23.7 Å². The average molecular weight is 377 g/mol. The van der Waals surface area contributed by atoms with Gasteiger partial charge in [0.25, 0.3) is 5.69 Å². The lowest BCUT2D eigenvalue weighted by Crippen LogP contribution is -2.10. The van der Waals surface area contributed by atoms with E-state index in [1.54, 1.807) is 0 Å². The Balaban J connectivity index is 2.76. The molecule has 0 fully saturated rings. The SMILES string of the molecule is COc1cc(C(=O)c2c([N+](=O)[O-])ccc(OC)c2OC)cc(OC)c1OC. The van der Waals surface area contributed by atoms with Gasteiger partial charge in [0, 0.05) is 11.6 Å². The van der Waals surface area contributed by atoms with Crippen LogP contribution in [0.15, 0.2) is 24.3 Å². The second-order valence-electron chi connectivity index (χ2n) is 5.20. The van der Waals surface area contributed by atoms with Crippen LogP contribution in [0.4, 0.5) is 5.69 Å². The lowest BCUT2D eigenvalue weighted by atomic mass is 9.99. The number of ether oxygens (including phenoxy) is 5. The number of hydrogen-bond donors (Lipinski definition) is 0. The summed E-state index contributed by atoms with van der Waals surface area (Å²) >= 11 is 0. The molecule has 0 saturated carbocycles. The number of nitro groups is 1. The fourth-order valence-electron chi connectivity index (χ4n) is 2.64. The van der Waals surface area contributed by atoms with Crippen LogP contribution in [0.3, 0.4) is 0 Å².